The van der Waals surface area contributed by atoms with Gasteiger partial charge in [0.05, 0.1) is 6.33 Å². The Labute approximate surface area is 228 Å². The van der Waals surface area contributed by atoms with Crippen molar-refractivity contribution in [2.45, 2.75) is 65.8 Å². The van der Waals surface area contributed by atoms with E-state index >= 15 is 0 Å². The van der Waals surface area contributed by atoms with Crippen molar-refractivity contribution in [2.24, 2.45) is 0 Å². The van der Waals surface area contributed by atoms with E-state index in [1.807, 2.05) is 24.3 Å². The normalized spacial score (nSPS) is 14.0. The van der Waals surface area contributed by atoms with Crippen molar-refractivity contribution in [3.05, 3.63) is 53.1 Å². The smallest absolute Gasteiger partial charge is 0.410 e. The highest BCUT2D eigenvalue weighted by atomic mass is 16.6. The van der Waals surface area contributed by atoms with Gasteiger partial charge >= 0.3 is 12.2 Å². The molecule has 0 aliphatic carbocycles. The van der Waals surface area contributed by atoms with Crippen LogP contribution in [0.1, 0.15) is 73.6 Å². The summed E-state index contributed by atoms with van der Waals surface area (Å²) < 4.78 is 10.6. The maximum absolute atomic E-state index is 13.1. The number of ether oxygens (including phenoxy) is 2. The van der Waals surface area contributed by atoms with E-state index in [1.54, 1.807) is 51.3 Å². The van der Waals surface area contributed by atoms with Crippen LogP contribution in [-0.4, -0.2) is 81.1 Å². The van der Waals surface area contributed by atoms with Crippen LogP contribution in [0.3, 0.4) is 0 Å². The van der Waals surface area contributed by atoms with Crippen molar-refractivity contribution >= 4 is 24.0 Å². The number of piperazine rings is 1. The largest absolute Gasteiger partial charge is 0.444 e. The first-order chi connectivity index (χ1) is 18.2. The summed E-state index contributed by atoms with van der Waals surface area (Å²) in [6.07, 6.45) is 0.405. The van der Waals surface area contributed by atoms with Crippen molar-refractivity contribution < 1.29 is 28.7 Å². The Kier molecular flexibility index (Phi) is 9.20. The van der Waals surface area contributed by atoms with Gasteiger partial charge in [-0.2, -0.15) is 0 Å². The predicted octanol–water partition coefficient (Wildman–Crippen LogP) is 3.06. The molecule has 4 amide bonds. The molecule has 1 aromatic heterocycles. The van der Waals surface area contributed by atoms with Crippen molar-refractivity contribution in [3.63, 3.8) is 0 Å². The lowest BCUT2D eigenvalue weighted by Crippen LogP contribution is -2.51. The number of nitrogens with one attached hydrogen (secondary N) is 3. The monoisotopic (exact) mass is 542 g/mol. The minimum absolute atomic E-state index is 0.00718. The number of aromatic amines is 1. The van der Waals surface area contributed by atoms with Crippen LogP contribution >= 0.6 is 0 Å². The lowest BCUT2D eigenvalue weighted by Gasteiger charge is -2.35. The van der Waals surface area contributed by atoms with E-state index in [0.29, 0.717) is 32.7 Å². The number of rotatable bonds is 6. The Morgan fingerprint density at radius 3 is 1.87 bits per heavy atom. The highest BCUT2D eigenvalue weighted by Crippen LogP contribution is 2.15. The summed E-state index contributed by atoms with van der Waals surface area (Å²) in [5.74, 6) is -0.842. The maximum Gasteiger partial charge on any atom is 0.410 e. The van der Waals surface area contributed by atoms with Gasteiger partial charge in [-0.15, -0.1) is 0 Å². The number of aromatic nitrogens is 2. The van der Waals surface area contributed by atoms with Crippen molar-refractivity contribution in [1.29, 1.82) is 0 Å². The summed E-state index contributed by atoms with van der Waals surface area (Å²) in [5.41, 5.74) is 0.661. The maximum atomic E-state index is 13.1. The van der Waals surface area contributed by atoms with Crippen LogP contribution in [0.15, 0.2) is 30.6 Å². The number of nitrogens with zero attached hydrogens (tertiary/aromatic N) is 3. The summed E-state index contributed by atoms with van der Waals surface area (Å²) in [5, 5.41) is 5.49. The number of benzene rings is 1. The van der Waals surface area contributed by atoms with Crippen molar-refractivity contribution in [1.82, 2.24) is 30.4 Å². The first-order valence-corrected chi connectivity index (χ1v) is 12.9. The molecule has 212 valence electrons. The van der Waals surface area contributed by atoms with E-state index in [1.165, 1.54) is 6.33 Å². The molecule has 1 aliphatic rings. The molecule has 0 unspecified atom stereocenters. The van der Waals surface area contributed by atoms with Crippen LogP contribution < -0.4 is 10.6 Å². The number of hydrogen-bond donors (Lipinski definition) is 3. The van der Waals surface area contributed by atoms with Gasteiger partial charge in [-0.05, 0) is 52.7 Å². The minimum Gasteiger partial charge on any atom is -0.444 e. The average Bonchev–Trinajstić information content (AvgIpc) is 3.34. The van der Waals surface area contributed by atoms with Crippen molar-refractivity contribution in [3.8, 4) is 0 Å². The van der Waals surface area contributed by atoms with Crippen LogP contribution in [-0.2, 0) is 22.6 Å². The first-order valence-electron chi connectivity index (χ1n) is 12.9. The van der Waals surface area contributed by atoms with E-state index in [4.69, 9.17) is 9.47 Å². The van der Waals surface area contributed by atoms with Crippen LogP contribution in [0, 0.1) is 0 Å². The lowest BCUT2D eigenvalue weighted by atomic mass is 10.1. The first kappa shape index (κ1) is 29.5. The number of imidazole rings is 1. The molecule has 1 aromatic carbocycles. The summed E-state index contributed by atoms with van der Waals surface area (Å²) in [7, 11) is 0. The van der Waals surface area contributed by atoms with Gasteiger partial charge in [-0.3, -0.25) is 9.59 Å². The molecular weight excluding hydrogens is 504 g/mol. The number of carbonyl (C=O) groups excluding carboxylic acids is 4. The van der Waals surface area contributed by atoms with E-state index < -0.39 is 29.3 Å². The molecule has 0 radical (unpaired) electrons. The Morgan fingerprint density at radius 1 is 0.821 bits per heavy atom. The third kappa shape index (κ3) is 9.01. The van der Waals surface area contributed by atoms with Crippen LogP contribution in [0.5, 0.6) is 0 Å². The minimum atomic E-state index is -0.594. The second-order valence-electron chi connectivity index (χ2n) is 11.2. The zero-order chi connectivity index (χ0) is 28.8. The van der Waals surface area contributed by atoms with Gasteiger partial charge < -0.3 is 34.9 Å². The number of hydrogen-bond acceptors (Lipinski definition) is 7. The van der Waals surface area contributed by atoms with Gasteiger partial charge in [0.1, 0.15) is 16.9 Å². The van der Waals surface area contributed by atoms with Gasteiger partial charge in [0.2, 0.25) is 0 Å². The van der Waals surface area contributed by atoms with Gasteiger partial charge in [0, 0.05) is 39.3 Å². The predicted molar refractivity (Wildman–Crippen MR) is 143 cm³/mol. The van der Waals surface area contributed by atoms with Crippen LogP contribution in [0.25, 0.3) is 0 Å². The molecule has 2 heterocycles. The molecule has 3 N–H and O–H groups in total. The van der Waals surface area contributed by atoms with E-state index in [9.17, 15) is 19.2 Å². The quantitative estimate of drug-likeness (QED) is 0.508. The molecule has 1 fully saturated rings. The Morgan fingerprint density at radius 2 is 1.33 bits per heavy atom. The summed E-state index contributed by atoms with van der Waals surface area (Å²) in [4.78, 5) is 60.0. The third-order valence-corrected chi connectivity index (χ3v) is 5.60. The SMILES string of the molecule is CC(C)(C)OC(=O)NCc1ccc(CNC(=O)c2nc[nH]c2C(=O)N2CCN(C(=O)OC(C)(C)C)CC2)cc1. The number of alkyl carbamates (subject to hydrolysis) is 1. The molecule has 1 aliphatic heterocycles. The van der Waals surface area contributed by atoms with Crippen molar-refractivity contribution in [2.75, 3.05) is 26.2 Å². The Bertz CT molecular complexity index is 1170. The number of H-pyrrole nitrogens is 1. The van der Waals surface area contributed by atoms with Gasteiger partial charge in [-0.1, -0.05) is 24.3 Å². The average molecular weight is 543 g/mol. The fraction of sp³-hybridized carbons (Fsp3) is 0.519. The standard InChI is InChI=1S/C27H38N6O6/c1-26(2,3)38-24(36)29-16-19-9-7-18(8-10-19)15-28-22(34)20-21(31-17-30-20)23(35)32-11-13-33(14-12-32)25(37)39-27(4,5)6/h7-10,17H,11-16H2,1-6H3,(H,28,34)(H,29,36)(H,30,31). The number of amides is 4. The summed E-state index contributed by atoms with van der Waals surface area (Å²) in [6, 6.07) is 7.37. The Balaban J connectivity index is 1.49. The van der Waals surface area contributed by atoms with Gasteiger partial charge in [0.25, 0.3) is 11.8 Å². The van der Waals surface area contributed by atoms with E-state index in [0.717, 1.165) is 11.1 Å². The zero-order valence-electron chi connectivity index (χ0n) is 23.4. The van der Waals surface area contributed by atoms with E-state index in [2.05, 4.69) is 20.6 Å². The molecule has 12 heteroatoms. The van der Waals surface area contributed by atoms with Gasteiger partial charge in [-0.25, -0.2) is 14.6 Å². The van der Waals surface area contributed by atoms with Crippen LogP contribution in [0.4, 0.5) is 9.59 Å². The fourth-order valence-electron chi connectivity index (χ4n) is 3.74. The van der Waals surface area contributed by atoms with Crippen LogP contribution in [0.2, 0.25) is 0 Å². The molecule has 0 saturated carbocycles. The third-order valence-electron chi connectivity index (χ3n) is 5.60. The summed E-state index contributed by atoms with van der Waals surface area (Å²) >= 11 is 0. The second kappa shape index (κ2) is 12.2. The highest BCUT2D eigenvalue weighted by Gasteiger charge is 2.30. The fourth-order valence-corrected chi connectivity index (χ4v) is 3.74. The number of carbonyl (C=O) groups is 4. The molecule has 39 heavy (non-hydrogen) atoms. The van der Waals surface area contributed by atoms with E-state index in [-0.39, 0.29) is 23.8 Å². The topological polar surface area (TPSA) is 146 Å². The Hall–Kier alpha value is -4.09. The molecule has 2 aromatic rings. The molecule has 0 bridgehead atoms. The second-order valence-corrected chi connectivity index (χ2v) is 11.2. The zero-order valence-corrected chi connectivity index (χ0v) is 23.4. The lowest BCUT2D eigenvalue weighted by molar-refractivity contribution is 0.0140. The molecule has 12 nitrogen and oxygen atoms in total. The molecule has 1 saturated heterocycles. The molecular formula is C27H38N6O6. The highest BCUT2D eigenvalue weighted by molar-refractivity contribution is 6.04. The molecule has 0 spiro atoms. The molecule has 0 atom stereocenters. The summed E-state index contributed by atoms with van der Waals surface area (Å²) in [6.45, 7) is 12.6. The van der Waals surface area contributed by atoms with Gasteiger partial charge in [0.15, 0.2) is 5.69 Å². The molecule has 3 rings (SSSR count).